The number of nitriles is 1. The molecule has 0 spiro atoms. The number of hydrogen-bond acceptors (Lipinski definition) is 5. The lowest BCUT2D eigenvalue weighted by molar-refractivity contribution is -0.137. The summed E-state index contributed by atoms with van der Waals surface area (Å²) in [5.74, 6) is 0.307. The Hall–Kier alpha value is -1.64. The topological polar surface area (TPSA) is 68.6 Å². The van der Waals surface area contributed by atoms with Gasteiger partial charge in [-0.2, -0.15) is 18.4 Å². The third-order valence-electron chi connectivity index (χ3n) is 8.24. The molecular formula is C29H39Cl2F3N4O2S. The highest BCUT2D eigenvalue weighted by Gasteiger charge is 2.52. The van der Waals surface area contributed by atoms with Crippen molar-refractivity contribution >= 4 is 52.1 Å². The van der Waals surface area contributed by atoms with E-state index in [1.807, 2.05) is 4.90 Å². The molecule has 0 bridgehead atoms. The fourth-order valence-electron chi connectivity index (χ4n) is 6.48. The zero-order valence-corrected chi connectivity index (χ0v) is 26.3. The van der Waals surface area contributed by atoms with Gasteiger partial charge in [0.1, 0.15) is 5.54 Å². The summed E-state index contributed by atoms with van der Waals surface area (Å²) in [7, 11) is 0. The first kappa shape index (κ1) is 33.9. The van der Waals surface area contributed by atoms with E-state index in [9.17, 15) is 18.0 Å². The van der Waals surface area contributed by atoms with Crippen LogP contribution in [-0.4, -0.2) is 57.6 Å². The molecule has 41 heavy (non-hydrogen) atoms. The van der Waals surface area contributed by atoms with Gasteiger partial charge in [-0.25, -0.2) is 0 Å². The molecule has 12 heteroatoms. The van der Waals surface area contributed by atoms with E-state index in [1.54, 1.807) is 19.9 Å². The Morgan fingerprint density at radius 2 is 1.73 bits per heavy atom. The molecule has 2 atom stereocenters. The van der Waals surface area contributed by atoms with E-state index in [0.29, 0.717) is 18.0 Å². The molecule has 1 aromatic rings. The van der Waals surface area contributed by atoms with Gasteiger partial charge in [0.05, 0.1) is 34.3 Å². The van der Waals surface area contributed by atoms with Crippen molar-refractivity contribution in [1.82, 2.24) is 10.2 Å². The van der Waals surface area contributed by atoms with E-state index in [4.69, 9.17) is 45.4 Å². The highest BCUT2D eigenvalue weighted by molar-refractivity contribution is 7.80. The second kappa shape index (κ2) is 14.2. The first-order chi connectivity index (χ1) is 19.2. The Morgan fingerprint density at radius 1 is 1.15 bits per heavy atom. The minimum absolute atomic E-state index is 0.00196. The molecule has 6 nitrogen and oxygen atoms in total. The zero-order chi connectivity index (χ0) is 30.5. The third kappa shape index (κ3) is 8.05. The van der Waals surface area contributed by atoms with Gasteiger partial charge in [0.15, 0.2) is 5.11 Å². The Kier molecular flexibility index (Phi) is 11.7. The molecule has 2 unspecified atom stereocenters. The number of piperidine rings is 1. The van der Waals surface area contributed by atoms with Crippen molar-refractivity contribution in [3.63, 3.8) is 0 Å². The quantitative estimate of drug-likeness (QED) is 0.263. The molecule has 1 amide bonds. The fraction of sp³-hybridized carbons (Fsp3) is 0.690. The molecule has 1 aliphatic carbocycles. The van der Waals surface area contributed by atoms with Crippen LogP contribution in [0.1, 0.15) is 83.8 Å². The largest absolute Gasteiger partial charge is 0.417 e. The highest BCUT2D eigenvalue weighted by Crippen LogP contribution is 2.40. The highest BCUT2D eigenvalue weighted by atomic mass is 35.5. The molecule has 2 aliphatic heterocycles. The van der Waals surface area contributed by atoms with Gasteiger partial charge in [-0.05, 0) is 109 Å². The Bertz CT molecular complexity index is 1110. The maximum absolute atomic E-state index is 13.6. The van der Waals surface area contributed by atoms with E-state index in [2.05, 4.69) is 19.2 Å². The standard InChI is InChI=1S/C28H37F3N4O2S.CH2Cl2/c1-17-13-19(14-18(2)33-17)11-12-37-23-9-7-21(8-10-23)35-26(38)34(25(36)27(35,3)4)22-6-5-20(16-32)24(15-22)28(29,30)31;2-1-3/h5-6,15,17-19,21,23,33H,7-14H2,1-4H3;1H2. The van der Waals surface area contributed by atoms with E-state index < -0.39 is 22.8 Å². The van der Waals surface area contributed by atoms with Crippen molar-refractivity contribution < 1.29 is 22.7 Å². The van der Waals surface area contributed by atoms with Crippen LogP contribution in [-0.2, 0) is 15.7 Å². The molecule has 1 N–H and O–H groups in total. The number of nitrogens with one attached hydrogen (secondary N) is 1. The third-order valence-corrected chi connectivity index (χ3v) is 8.62. The van der Waals surface area contributed by atoms with Gasteiger partial charge in [-0.15, -0.1) is 23.2 Å². The number of rotatable bonds is 6. The van der Waals surface area contributed by atoms with Crippen molar-refractivity contribution in [2.75, 3.05) is 16.8 Å². The lowest BCUT2D eigenvalue weighted by Gasteiger charge is -2.41. The number of thiocarbonyl (C=S) groups is 1. The van der Waals surface area contributed by atoms with Crippen LogP contribution in [0.15, 0.2) is 18.2 Å². The number of alkyl halides is 5. The van der Waals surface area contributed by atoms with Crippen LogP contribution in [0.5, 0.6) is 0 Å². The van der Waals surface area contributed by atoms with Crippen molar-refractivity contribution in [3.05, 3.63) is 29.3 Å². The molecule has 3 fully saturated rings. The first-order valence-corrected chi connectivity index (χ1v) is 15.5. The second-order valence-corrected chi connectivity index (χ2v) is 12.9. The van der Waals surface area contributed by atoms with Crippen LogP contribution < -0.4 is 10.2 Å². The molecule has 228 valence electrons. The lowest BCUT2D eigenvalue weighted by Crippen LogP contribution is -2.51. The molecule has 4 rings (SSSR count). The minimum Gasteiger partial charge on any atom is -0.378 e. The summed E-state index contributed by atoms with van der Waals surface area (Å²) in [5, 5.41) is 13.1. The van der Waals surface area contributed by atoms with Crippen molar-refractivity contribution in [1.29, 1.82) is 5.26 Å². The predicted molar refractivity (Wildman–Crippen MR) is 160 cm³/mol. The predicted octanol–water partition coefficient (Wildman–Crippen LogP) is 7.21. The maximum Gasteiger partial charge on any atom is 0.417 e. The van der Waals surface area contributed by atoms with Gasteiger partial charge >= 0.3 is 6.18 Å². The lowest BCUT2D eigenvalue weighted by atomic mass is 9.87. The van der Waals surface area contributed by atoms with Crippen LogP contribution >= 0.6 is 35.4 Å². The summed E-state index contributed by atoms with van der Waals surface area (Å²) in [6.07, 6.45) is 2.14. The van der Waals surface area contributed by atoms with E-state index >= 15 is 0 Å². The molecule has 0 aromatic heterocycles. The number of benzene rings is 1. The van der Waals surface area contributed by atoms with E-state index in [0.717, 1.165) is 50.8 Å². The average Bonchev–Trinajstić information content (AvgIpc) is 3.06. The number of carbonyl (C=O) groups is 1. The van der Waals surface area contributed by atoms with Gasteiger partial charge in [-0.1, -0.05) is 0 Å². The van der Waals surface area contributed by atoms with Gasteiger partial charge in [0.2, 0.25) is 0 Å². The van der Waals surface area contributed by atoms with E-state index in [1.165, 1.54) is 23.8 Å². The van der Waals surface area contributed by atoms with Crippen LogP contribution in [0, 0.1) is 17.2 Å². The van der Waals surface area contributed by atoms with E-state index in [-0.39, 0.29) is 34.2 Å². The van der Waals surface area contributed by atoms with Crippen LogP contribution in [0.2, 0.25) is 0 Å². The van der Waals surface area contributed by atoms with Crippen LogP contribution in [0.3, 0.4) is 0 Å². The summed E-state index contributed by atoms with van der Waals surface area (Å²) in [5.41, 5.74) is -2.53. The van der Waals surface area contributed by atoms with Gasteiger partial charge in [0.25, 0.3) is 5.91 Å². The molecule has 0 radical (unpaired) electrons. The monoisotopic (exact) mass is 634 g/mol. The van der Waals surface area contributed by atoms with Crippen LogP contribution in [0.25, 0.3) is 0 Å². The Balaban J connectivity index is 0.00000147. The minimum atomic E-state index is -4.72. The van der Waals surface area contributed by atoms with Crippen molar-refractivity contribution in [3.8, 4) is 6.07 Å². The first-order valence-electron chi connectivity index (χ1n) is 14.0. The number of anilines is 1. The molecule has 2 saturated heterocycles. The van der Waals surface area contributed by atoms with Gasteiger partial charge < -0.3 is 15.0 Å². The number of ether oxygens (including phenoxy) is 1. The average molecular weight is 636 g/mol. The molecular weight excluding hydrogens is 596 g/mol. The number of amides is 1. The molecule has 1 saturated carbocycles. The fourth-order valence-corrected chi connectivity index (χ4v) is 7.04. The molecule has 2 heterocycles. The summed E-state index contributed by atoms with van der Waals surface area (Å²) in [6, 6.07) is 5.95. The van der Waals surface area contributed by atoms with Crippen molar-refractivity contribution in [2.45, 2.75) is 109 Å². The second-order valence-electron chi connectivity index (χ2n) is 11.7. The molecule has 1 aromatic carbocycles. The maximum atomic E-state index is 13.6. The summed E-state index contributed by atoms with van der Waals surface area (Å²) in [6.45, 7) is 8.74. The van der Waals surface area contributed by atoms with Crippen molar-refractivity contribution in [2.24, 2.45) is 5.92 Å². The summed E-state index contributed by atoms with van der Waals surface area (Å²) >= 11 is 15.2. The number of hydrogen-bond donors (Lipinski definition) is 1. The zero-order valence-electron chi connectivity index (χ0n) is 23.9. The smallest absolute Gasteiger partial charge is 0.378 e. The summed E-state index contributed by atoms with van der Waals surface area (Å²) < 4.78 is 46.9. The SMILES string of the molecule is CC1CC(CCOC2CCC(N3C(=S)N(c4ccc(C#N)c(C(F)(F)F)c4)C(=O)C3(C)C)CC2)CC(C)N1.ClCCl. The Morgan fingerprint density at radius 3 is 2.27 bits per heavy atom. The Labute approximate surface area is 256 Å². The number of halogens is 5. The summed E-state index contributed by atoms with van der Waals surface area (Å²) in [4.78, 5) is 16.5. The number of nitrogens with zero attached hydrogens (tertiary/aromatic N) is 3. The normalized spacial score (nSPS) is 28.2. The molecule has 3 aliphatic rings. The van der Waals surface area contributed by atoms with Gasteiger partial charge in [-0.3, -0.25) is 9.69 Å². The van der Waals surface area contributed by atoms with Gasteiger partial charge in [0, 0.05) is 24.7 Å². The van der Waals surface area contributed by atoms with Crippen LogP contribution in [0.4, 0.5) is 18.9 Å². The number of carbonyl (C=O) groups excluding carboxylic acids is 1.